The van der Waals surface area contributed by atoms with E-state index >= 15 is 0 Å². The molecule has 10 heteroatoms. The number of carboxylic acid groups (broad SMARTS) is 1. The maximum Gasteiger partial charge on any atom is 0.303 e. The molecule has 1 aromatic carbocycles. The number of anilines is 1. The number of ketones is 2. The van der Waals surface area contributed by atoms with Gasteiger partial charge in [-0.05, 0) is 12.0 Å². The summed E-state index contributed by atoms with van der Waals surface area (Å²) in [6.07, 6.45) is 0.904. The van der Waals surface area contributed by atoms with Crippen LogP contribution in [0.4, 0.5) is 5.82 Å². The summed E-state index contributed by atoms with van der Waals surface area (Å²) in [4.78, 5) is 44.8. The molecule has 2 aromatic rings. The van der Waals surface area contributed by atoms with Crippen molar-refractivity contribution in [1.82, 2.24) is 4.98 Å². The van der Waals surface area contributed by atoms with Crippen molar-refractivity contribution < 1.29 is 19.5 Å². The average Bonchev–Trinajstić information content (AvgIpc) is 2.75. The van der Waals surface area contributed by atoms with Gasteiger partial charge in [0, 0.05) is 41.6 Å². The average molecular weight is 426 g/mol. The van der Waals surface area contributed by atoms with E-state index in [0.717, 1.165) is 5.56 Å². The Balaban J connectivity index is 2.46. The molecule has 0 spiro atoms. The highest BCUT2D eigenvalue weighted by atomic mass is 16.4. The van der Waals surface area contributed by atoms with Gasteiger partial charge in [-0.25, -0.2) is 4.98 Å². The van der Waals surface area contributed by atoms with Gasteiger partial charge in [0.25, 0.3) is 0 Å². The van der Waals surface area contributed by atoms with Crippen molar-refractivity contribution in [2.24, 2.45) is 22.2 Å². The molecule has 9 N–H and O–H groups in total. The van der Waals surface area contributed by atoms with Crippen LogP contribution in [0.2, 0.25) is 0 Å². The number of rotatable bonds is 11. The van der Waals surface area contributed by atoms with Gasteiger partial charge in [0.15, 0.2) is 17.5 Å². The number of nitrogens with two attached hydrogens (primary N) is 4. The fourth-order valence-electron chi connectivity index (χ4n) is 3.25. The number of carbonyl (C=O) groups excluding carboxylic acids is 2. The highest BCUT2D eigenvalue weighted by molar-refractivity contribution is 6.11. The van der Waals surface area contributed by atoms with Gasteiger partial charge >= 0.3 is 5.97 Å². The van der Waals surface area contributed by atoms with Gasteiger partial charge in [-0.3, -0.25) is 19.4 Å². The van der Waals surface area contributed by atoms with Crippen LogP contribution < -0.4 is 22.9 Å². The third kappa shape index (κ3) is 6.34. The van der Waals surface area contributed by atoms with Gasteiger partial charge in [-0.15, -0.1) is 0 Å². The number of carboxylic acids is 1. The van der Waals surface area contributed by atoms with Crippen LogP contribution in [-0.2, 0) is 11.2 Å². The minimum Gasteiger partial charge on any atom is -0.481 e. The molecule has 10 nitrogen and oxygen atoms in total. The van der Waals surface area contributed by atoms with Gasteiger partial charge in [-0.2, -0.15) is 0 Å². The number of pyridine rings is 1. The Kier molecular flexibility index (Phi) is 8.21. The maximum atomic E-state index is 13.2. The fraction of sp³-hybridized carbons (Fsp3) is 0.286. The molecule has 0 saturated heterocycles. The third-order valence-electron chi connectivity index (χ3n) is 4.76. The Morgan fingerprint density at radius 1 is 1.10 bits per heavy atom. The predicted octanol–water partition coefficient (Wildman–Crippen LogP) is 0.452. The van der Waals surface area contributed by atoms with E-state index in [0.29, 0.717) is 0 Å². The lowest BCUT2D eigenvalue weighted by molar-refractivity contribution is -0.136. The largest absolute Gasteiger partial charge is 0.481 e. The molecule has 2 rings (SSSR count). The quantitative estimate of drug-likeness (QED) is 0.192. The van der Waals surface area contributed by atoms with Crippen LogP contribution in [0.5, 0.6) is 0 Å². The monoisotopic (exact) mass is 426 g/mol. The molecule has 1 unspecified atom stereocenters. The SMILES string of the molecule is NCC(=O)c1c(C(=O)CC(CN=C(N)N)c2ccccc2)cnc(N)c1CCC(=O)O. The Hall–Kier alpha value is -3.79. The number of nitrogens with zero attached hydrogens (tertiary/aromatic N) is 2. The Morgan fingerprint density at radius 3 is 2.35 bits per heavy atom. The number of hydrogen-bond donors (Lipinski definition) is 5. The number of hydrogen-bond acceptors (Lipinski definition) is 7. The van der Waals surface area contributed by atoms with E-state index in [1.165, 1.54) is 6.20 Å². The molecule has 0 radical (unpaired) electrons. The number of nitrogen functional groups attached to an aromatic ring is 1. The summed E-state index contributed by atoms with van der Waals surface area (Å²) in [5, 5.41) is 9.01. The summed E-state index contributed by atoms with van der Waals surface area (Å²) in [5.41, 5.74) is 23.5. The van der Waals surface area contributed by atoms with Gasteiger partial charge in [-0.1, -0.05) is 30.3 Å². The van der Waals surface area contributed by atoms with Crippen LogP contribution in [0.15, 0.2) is 41.5 Å². The van der Waals surface area contributed by atoms with Crippen molar-refractivity contribution in [3.8, 4) is 0 Å². The topological polar surface area (TPSA) is 201 Å². The number of benzene rings is 1. The Morgan fingerprint density at radius 2 is 1.77 bits per heavy atom. The lowest BCUT2D eigenvalue weighted by Crippen LogP contribution is -2.25. The maximum absolute atomic E-state index is 13.2. The van der Waals surface area contributed by atoms with Crippen molar-refractivity contribution >= 4 is 29.3 Å². The third-order valence-corrected chi connectivity index (χ3v) is 4.76. The molecule has 164 valence electrons. The predicted molar refractivity (Wildman–Crippen MR) is 117 cm³/mol. The van der Waals surface area contributed by atoms with Crippen LogP contribution in [0.3, 0.4) is 0 Å². The number of aliphatic carboxylic acids is 1. The van der Waals surface area contributed by atoms with Crippen LogP contribution in [-0.4, -0.2) is 46.7 Å². The molecule has 0 bridgehead atoms. The second kappa shape index (κ2) is 10.8. The summed E-state index contributed by atoms with van der Waals surface area (Å²) in [6.45, 7) is -0.188. The van der Waals surface area contributed by atoms with Crippen molar-refractivity contribution in [2.45, 2.75) is 25.2 Å². The Bertz CT molecular complexity index is 987. The van der Waals surface area contributed by atoms with Gasteiger partial charge in [0.1, 0.15) is 5.82 Å². The highest BCUT2D eigenvalue weighted by Gasteiger charge is 2.25. The van der Waals surface area contributed by atoms with E-state index < -0.39 is 11.8 Å². The summed E-state index contributed by atoms with van der Waals surface area (Å²) in [5.74, 6) is -2.41. The van der Waals surface area contributed by atoms with Crippen LogP contribution in [0.25, 0.3) is 0 Å². The number of Topliss-reactive ketones (excluding diaryl/α,β-unsaturated/α-hetero) is 2. The minimum absolute atomic E-state index is 0.00435. The van der Waals surface area contributed by atoms with Gasteiger partial charge in [0.05, 0.1) is 13.1 Å². The molecule has 0 saturated carbocycles. The van der Waals surface area contributed by atoms with E-state index in [4.69, 9.17) is 28.0 Å². The first kappa shape index (κ1) is 23.5. The molecule has 0 fully saturated rings. The lowest BCUT2D eigenvalue weighted by atomic mass is 9.88. The van der Waals surface area contributed by atoms with Crippen molar-refractivity contribution in [3.63, 3.8) is 0 Å². The van der Waals surface area contributed by atoms with Crippen LogP contribution in [0, 0.1) is 0 Å². The van der Waals surface area contributed by atoms with Crippen LogP contribution in [0.1, 0.15) is 50.6 Å². The summed E-state index contributed by atoms with van der Waals surface area (Å²) >= 11 is 0. The number of guanidine groups is 1. The van der Waals surface area contributed by atoms with Gasteiger partial charge in [0.2, 0.25) is 0 Å². The zero-order valence-electron chi connectivity index (χ0n) is 17.0. The van der Waals surface area contributed by atoms with Crippen molar-refractivity contribution in [3.05, 3.63) is 58.8 Å². The molecule has 0 aliphatic carbocycles. The molecule has 1 atom stereocenters. The minimum atomic E-state index is -1.07. The molecule has 0 aliphatic rings. The fourth-order valence-corrected chi connectivity index (χ4v) is 3.25. The molecule has 0 aliphatic heterocycles. The standard InChI is InChI=1S/C21H26N6O4/c22-9-17(29)19-14(6-7-18(30)31)20(23)26-11-15(19)16(28)8-13(10-27-21(24)25)12-4-2-1-3-5-12/h1-5,11,13H,6-10,22H2,(H2,23,26)(H,30,31)(H4,24,25,27). The first-order chi connectivity index (χ1) is 14.7. The van der Waals surface area contributed by atoms with E-state index in [2.05, 4.69) is 9.98 Å². The highest BCUT2D eigenvalue weighted by Crippen LogP contribution is 2.27. The number of carbonyl (C=O) groups is 3. The van der Waals surface area contributed by atoms with E-state index in [1.807, 2.05) is 30.3 Å². The Labute approximate surface area is 179 Å². The van der Waals surface area contributed by atoms with E-state index in [-0.39, 0.29) is 72.5 Å². The van der Waals surface area contributed by atoms with E-state index in [1.54, 1.807) is 0 Å². The number of aromatic nitrogens is 1. The second-order valence-corrected chi connectivity index (χ2v) is 6.93. The zero-order chi connectivity index (χ0) is 23.0. The molecule has 31 heavy (non-hydrogen) atoms. The summed E-state index contributed by atoms with van der Waals surface area (Å²) in [6, 6.07) is 9.22. The lowest BCUT2D eigenvalue weighted by Gasteiger charge is -2.18. The van der Waals surface area contributed by atoms with E-state index in [9.17, 15) is 14.4 Å². The zero-order valence-corrected chi connectivity index (χ0v) is 17.0. The van der Waals surface area contributed by atoms with Crippen molar-refractivity contribution in [2.75, 3.05) is 18.8 Å². The molecule has 1 heterocycles. The molecular weight excluding hydrogens is 400 g/mol. The number of aliphatic imine (C=N–C) groups is 1. The smallest absolute Gasteiger partial charge is 0.303 e. The summed E-state index contributed by atoms with van der Waals surface area (Å²) < 4.78 is 0. The molecule has 0 amide bonds. The molecule has 1 aromatic heterocycles. The summed E-state index contributed by atoms with van der Waals surface area (Å²) in [7, 11) is 0. The normalized spacial score (nSPS) is 11.5. The second-order valence-electron chi connectivity index (χ2n) is 6.93. The van der Waals surface area contributed by atoms with Crippen molar-refractivity contribution in [1.29, 1.82) is 0 Å². The first-order valence-electron chi connectivity index (χ1n) is 9.60. The van der Waals surface area contributed by atoms with Gasteiger partial charge < -0.3 is 28.0 Å². The van der Waals surface area contributed by atoms with Crippen LogP contribution >= 0.6 is 0 Å². The first-order valence-corrected chi connectivity index (χ1v) is 9.60. The molecular formula is C21H26N6O4.